The summed E-state index contributed by atoms with van der Waals surface area (Å²) < 4.78 is 13.8. The predicted octanol–water partition coefficient (Wildman–Crippen LogP) is 2.90. The number of benzene rings is 1. The fraction of sp³-hybridized carbons (Fsp3) is 0.600. The summed E-state index contributed by atoms with van der Waals surface area (Å²) in [6, 6.07) is 4.21. The second-order valence-corrected chi connectivity index (χ2v) is 8.15. The number of ketones is 1. The van der Waals surface area contributed by atoms with Crippen molar-refractivity contribution in [2.24, 2.45) is 11.1 Å². The van der Waals surface area contributed by atoms with Crippen LogP contribution in [0.2, 0.25) is 0 Å². The molecule has 1 spiro atoms. The van der Waals surface area contributed by atoms with Gasteiger partial charge in [0.1, 0.15) is 11.4 Å². The SMILES string of the molecule is CC1C[C@]2(CCN1CC1CCC1)C(=O)[C@@H](N=O)C(=O)N2c1cccc(F)c1. The van der Waals surface area contributed by atoms with Gasteiger partial charge in [-0.05, 0) is 61.9 Å². The van der Waals surface area contributed by atoms with Gasteiger partial charge in [-0.15, -0.1) is 4.91 Å². The van der Waals surface area contributed by atoms with Crippen molar-refractivity contribution in [3.8, 4) is 0 Å². The van der Waals surface area contributed by atoms with Crippen LogP contribution in [0, 0.1) is 16.6 Å². The highest BCUT2D eigenvalue weighted by Crippen LogP contribution is 2.43. The van der Waals surface area contributed by atoms with E-state index in [4.69, 9.17) is 0 Å². The van der Waals surface area contributed by atoms with Crippen LogP contribution in [0.3, 0.4) is 0 Å². The summed E-state index contributed by atoms with van der Waals surface area (Å²) in [4.78, 5) is 40.8. The maximum atomic E-state index is 13.8. The maximum absolute atomic E-state index is 13.8. The number of hydrogen-bond acceptors (Lipinski definition) is 5. The van der Waals surface area contributed by atoms with Gasteiger partial charge in [0, 0.05) is 24.8 Å². The Kier molecular flexibility index (Phi) is 4.58. The number of hydrogen-bond donors (Lipinski definition) is 0. The molecule has 3 aliphatic rings. The molecule has 2 heterocycles. The lowest BCUT2D eigenvalue weighted by atomic mass is 9.78. The maximum Gasteiger partial charge on any atom is 0.264 e. The minimum atomic E-state index is -1.53. The zero-order valence-corrected chi connectivity index (χ0v) is 15.4. The summed E-state index contributed by atoms with van der Waals surface area (Å²) in [5.74, 6) is -0.853. The Morgan fingerprint density at radius 1 is 1.30 bits per heavy atom. The van der Waals surface area contributed by atoms with E-state index in [1.165, 1.54) is 42.4 Å². The van der Waals surface area contributed by atoms with Crippen molar-refractivity contribution in [3.05, 3.63) is 35.0 Å². The zero-order valence-electron chi connectivity index (χ0n) is 15.4. The Morgan fingerprint density at radius 2 is 2.07 bits per heavy atom. The lowest BCUT2D eigenvalue weighted by Gasteiger charge is -2.48. The molecule has 1 saturated carbocycles. The van der Waals surface area contributed by atoms with E-state index in [1.54, 1.807) is 6.07 Å². The van der Waals surface area contributed by atoms with Gasteiger partial charge in [0.25, 0.3) is 5.91 Å². The van der Waals surface area contributed by atoms with Crippen LogP contribution in [-0.2, 0) is 9.59 Å². The first-order chi connectivity index (χ1) is 13.0. The number of nitroso groups, excluding NO2 is 1. The van der Waals surface area contributed by atoms with Gasteiger partial charge in [0.2, 0.25) is 6.04 Å². The average molecular weight is 373 g/mol. The summed E-state index contributed by atoms with van der Waals surface area (Å²) in [7, 11) is 0. The minimum absolute atomic E-state index is 0.0950. The van der Waals surface area contributed by atoms with E-state index in [-0.39, 0.29) is 6.04 Å². The monoisotopic (exact) mass is 373 g/mol. The molecule has 0 bridgehead atoms. The quantitative estimate of drug-likeness (QED) is 0.601. The zero-order chi connectivity index (χ0) is 19.2. The molecule has 144 valence electrons. The third kappa shape index (κ3) is 2.88. The van der Waals surface area contributed by atoms with Crippen molar-refractivity contribution in [3.63, 3.8) is 0 Å². The Hall–Kier alpha value is -2.15. The molecule has 1 aromatic carbocycles. The van der Waals surface area contributed by atoms with Crippen molar-refractivity contribution in [1.82, 2.24) is 4.90 Å². The molecule has 1 aromatic rings. The standard InChI is InChI=1S/C20H24FN3O3/c1-13-11-20(8-9-23(13)12-14-4-2-5-14)18(25)17(22-27)19(26)24(20)16-7-3-6-15(21)10-16/h3,6-7,10,13-14,17H,2,4-5,8-9,11-12H2,1H3/t13?,17-,20-/m1/s1. The van der Waals surface area contributed by atoms with Gasteiger partial charge in [-0.3, -0.25) is 14.5 Å². The number of carbonyl (C=O) groups excluding carboxylic acids is 2. The molecule has 27 heavy (non-hydrogen) atoms. The second-order valence-electron chi connectivity index (χ2n) is 8.15. The van der Waals surface area contributed by atoms with E-state index in [2.05, 4.69) is 17.0 Å². The van der Waals surface area contributed by atoms with Gasteiger partial charge in [-0.2, -0.15) is 0 Å². The Bertz CT molecular complexity index is 781. The fourth-order valence-electron chi connectivity index (χ4n) is 4.87. The Labute approximate surface area is 157 Å². The van der Waals surface area contributed by atoms with Gasteiger partial charge in [0.05, 0.1) is 0 Å². The van der Waals surface area contributed by atoms with Crippen LogP contribution < -0.4 is 4.90 Å². The number of nitrogens with zero attached hydrogens (tertiary/aromatic N) is 3. The molecule has 1 aliphatic carbocycles. The highest BCUT2D eigenvalue weighted by molar-refractivity contribution is 6.25. The lowest BCUT2D eigenvalue weighted by molar-refractivity contribution is -0.126. The normalized spacial score (nSPS) is 32.1. The third-order valence-electron chi connectivity index (χ3n) is 6.55. The first-order valence-electron chi connectivity index (χ1n) is 9.67. The molecular weight excluding hydrogens is 349 g/mol. The number of anilines is 1. The van der Waals surface area contributed by atoms with E-state index in [0.29, 0.717) is 31.0 Å². The van der Waals surface area contributed by atoms with Crippen molar-refractivity contribution in [2.45, 2.75) is 56.7 Å². The largest absolute Gasteiger partial charge is 0.300 e. The molecule has 2 aliphatic heterocycles. The molecule has 1 amide bonds. The Morgan fingerprint density at radius 3 is 2.67 bits per heavy atom. The fourth-order valence-corrected chi connectivity index (χ4v) is 4.87. The van der Waals surface area contributed by atoms with E-state index < -0.39 is 29.1 Å². The molecule has 7 heteroatoms. The van der Waals surface area contributed by atoms with Gasteiger partial charge in [0.15, 0.2) is 5.78 Å². The minimum Gasteiger partial charge on any atom is -0.300 e. The average Bonchev–Trinajstić information content (AvgIpc) is 2.79. The molecule has 3 atom stereocenters. The third-order valence-corrected chi connectivity index (χ3v) is 6.55. The van der Waals surface area contributed by atoms with Crippen LogP contribution in [0.1, 0.15) is 39.0 Å². The number of Topliss-reactive ketones (excluding diaryl/α,β-unsaturated/α-hetero) is 1. The molecule has 4 rings (SSSR count). The highest BCUT2D eigenvalue weighted by atomic mass is 19.1. The summed E-state index contributed by atoms with van der Waals surface area (Å²) in [5, 5.41) is 2.81. The van der Waals surface area contributed by atoms with Crippen molar-refractivity contribution >= 4 is 17.4 Å². The Balaban J connectivity index is 1.66. The number of rotatable bonds is 4. The topological polar surface area (TPSA) is 70.0 Å². The van der Waals surface area contributed by atoms with E-state index in [9.17, 15) is 18.9 Å². The van der Waals surface area contributed by atoms with E-state index >= 15 is 0 Å². The molecule has 1 unspecified atom stereocenters. The van der Waals surface area contributed by atoms with Crippen LogP contribution >= 0.6 is 0 Å². The van der Waals surface area contributed by atoms with Gasteiger partial charge >= 0.3 is 0 Å². The molecule has 0 aromatic heterocycles. The van der Waals surface area contributed by atoms with Gasteiger partial charge < -0.3 is 4.90 Å². The second kappa shape index (κ2) is 6.78. The number of likely N-dealkylation sites (tertiary alicyclic amines) is 1. The van der Waals surface area contributed by atoms with Crippen molar-refractivity contribution < 1.29 is 14.0 Å². The molecule has 0 N–H and O–H groups in total. The van der Waals surface area contributed by atoms with Gasteiger partial charge in [-0.1, -0.05) is 12.5 Å². The van der Waals surface area contributed by atoms with E-state index in [0.717, 1.165) is 6.54 Å². The van der Waals surface area contributed by atoms with Crippen molar-refractivity contribution in [1.29, 1.82) is 0 Å². The van der Waals surface area contributed by atoms with E-state index in [1.807, 2.05) is 0 Å². The van der Waals surface area contributed by atoms with Crippen LogP contribution in [0.15, 0.2) is 29.4 Å². The summed E-state index contributed by atoms with van der Waals surface area (Å²) in [6.45, 7) is 3.74. The molecular formula is C20H24FN3O3. The number of piperidine rings is 1. The molecule has 3 fully saturated rings. The van der Waals surface area contributed by atoms with Gasteiger partial charge in [-0.25, -0.2) is 4.39 Å². The first-order valence-corrected chi connectivity index (χ1v) is 9.67. The predicted molar refractivity (Wildman–Crippen MR) is 98.8 cm³/mol. The summed E-state index contributed by atoms with van der Waals surface area (Å²) >= 11 is 0. The molecule has 6 nitrogen and oxygen atoms in total. The number of carbonyl (C=O) groups is 2. The smallest absolute Gasteiger partial charge is 0.264 e. The molecule has 2 saturated heterocycles. The van der Waals surface area contributed by atoms with Crippen LogP contribution in [0.5, 0.6) is 0 Å². The van der Waals surface area contributed by atoms with Crippen LogP contribution in [0.4, 0.5) is 10.1 Å². The van der Waals surface area contributed by atoms with Crippen LogP contribution in [0.25, 0.3) is 0 Å². The lowest BCUT2D eigenvalue weighted by Crippen LogP contribution is -2.60. The number of amides is 1. The summed E-state index contributed by atoms with van der Waals surface area (Å²) in [6.07, 6.45) is 4.66. The molecule has 0 radical (unpaired) electrons. The highest BCUT2D eigenvalue weighted by Gasteiger charge is 2.61. The van der Waals surface area contributed by atoms with Crippen molar-refractivity contribution in [2.75, 3.05) is 18.0 Å². The summed E-state index contributed by atoms with van der Waals surface area (Å²) in [5.41, 5.74) is -0.793. The first kappa shape index (κ1) is 18.2. The van der Waals surface area contributed by atoms with Crippen LogP contribution in [-0.4, -0.2) is 47.3 Å². The number of halogens is 1.